The van der Waals surface area contributed by atoms with Gasteiger partial charge in [-0.05, 0) is 0 Å². The summed E-state index contributed by atoms with van der Waals surface area (Å²) in [7, 11) is 0. The van der Waals surface area contributed by atoms with Crippen molar-refractivity contribution in [2.45, 2.75) is 13.8 Å². The van der Waals surface area contributed by atoms with Gasteiger partial charge in [-0.1, -0.05) is 13.8 Å². The fourth-order valence-corrected chi connectivity index (χ4v) is 0. The predicted molar refractivity (Wildman–Crippen MR) is 32.2 cm³/mol. The normalized spacial score (nSPS) is 4.88. The number of hydrogen-bond donors (Lipinski definition) is 1. The molecule has 0 spiro atoms. The fourth-order valence-electron chi connectivity index (χ4n) is 0. The second-order valence-corrected chi connectivity index (χ2v) is 0.905. The molecular formula is C4H8BrO2Zn-. The maximum atomic E-state index is 9.27. The van der Waals surface area contributed by atoms with Crippen LogP contribution in [0.5, 0.6) is 0 Å². The number of carboxylic acids is 1. The van der Waals surface area contributed by atoms with E-state index in [4.69, 9.17) is 5.11 Å². The first-order valence-electron chi connectivity index (χ1n) is 1.93. The molecule has 0 radical (unpaired) electrons. The SMILES string of the molecule is CC.O=C(O)[CH-]Br.[Zn]. The molecule has 4 heteroatoms. The summed E-state index contributed by atoms with van der Waals surface area (Å²) in [5.74, 6) is -0.954. The summed E-state index contributed by atoms with van der Waals surface area (Å²) in [6.07, 6.45) is 0. The number of hydrogen-bond acceptors (Lipinski definition) is 1. The van der Waals surface area contributed by atoms with Crippen molar-refractivity contribution in [3.63, 3.8) is 0 Å². The van der Waals surface area contributed by atoms with E-state index in [9.17, 15) is 4.79 Å². The fraction of sp³-hybridized carbons (Fsp3) is 0.500. The van der Waals surface area contributed by atoms with Crippen LogP contribution in [0.2, 0.25) is 0 Å². The van der Waals surface area contributed by atoms with E-state index in [2.05, 4.69) is 15.9 Å². The van der Waals surface area contributed by atoms with Crippen LogP contribution in [0.4, 0.5) is 0 Å². The van der Waals surface area contributed by atoms with Gasteiger partial charge in [0.1, 0.15) is 0 Å². The van der Waals surface area contributed by atoms with Gasteiger partial charge in [0.2, 0.25) is 0 Å². The van der Waals surface area contributed by atoms with Crippen LogP contribution < -0.4 is 0 Å². The number of aliphatic carboxylic acids is 1. The van der Waals surface area contributed by atoms with Gasteiger partial charge in [0.05, 0.1) is 0 Å². The molecule has 0 bridgehead atoms. The van der Waals surface area contributed by atoms with Gasteiger partial charge in [-0.3, -0.25) is 20.7 Å². The maximum absolute atomic E-state index is 9.27. The molecule has 0 aliphatic rings. The van der Waals surface area contributed by atoms with E-state index in [0.29, 0.717) is 0 Å². The third-order valence-corrected chi connectivity index (χ3v) is 0.485. The van der Waals surface area contributed by atoms with Gasteiger partial charge >= 0.3 is 0 Å². The molecule has 8 heavy (non-hydrogen) atoms. The Morgan fingerprint density at radius 3 is 1.75 bits per heavy atom. The molecule has 0 fully saturated rings. The molecule has 0 aromatic carbocycles. The number of halogens is 1. The third-order valence-electron chi connectivity index (χ3n) is 0.0933. The standard InChI is InChI=1S/C2H2BrO2.C2H6.Zn/c3-1-2(4)5;1-2;/h1H,(H,4,5);1-2H3;/q-1;;. The molecule has 0 amide bonds. The molecule has 0 aliphatic heterocycles. The summed E-state index contributed by atoms with van der Waals surface area (Å²) in [5.41, 5.74) is 0. The summed E-state index contributed by atoms with van der Waals surface area (Å²) in [5, 5.41) is 8.52. The first-order valence-corrected chi connectivity index (χ1v) is 2.85. The average Bonchev–Trinajstić information content (AvgIpc) is 1.73. The Labute approximate surface area is 70.5 Å². The van der Waals surface area contributed by atoms with Gasteiger partial charge in [0.15, 0.2) is 5.97 Å². The largest absolute Gasteiger partial charge is 0.503 e. The topological polar surface area (TPSA) is 37.3 Å². The smallest absolute Gasteiger partial charge is 0.174 e. The minimum absolute atomic E-state index is 0. The molecule has 0 saturated carbocycles. The van der Waals surface area contributed by atoms with Crippen molar-refractivity contribution < 1.29 is 29.4 Å². The van der Waals surface area contributed by atoms with E-state index in [0.717, 1.165) is 5.33 Å². The van der Waals surface area contributed by atoms with Crippen LogP contribution in [0.15, 0.2) is 0 Å². The van der Waals surface area contributed by atoms with Crippen molar-refractivity contribution >= 4 is 21.9 Å². The van der Waals surface area contributed by atoms with Crippen molar-refractivity contribution in [1.82, 2.24) is 0 Å². The van der Waals surface area contributed by atoms with Gasteiger partial charge in [0, 0.05) is 19.5 Å². The second kappa shape index (κ2) is 15.7. The van der Waals surface area contributed by atoms with Crippen molar-refractivity contribution in [2.75, 3.05) is 0 Å². The molecule has 0 unspecified atom stereocenters. The second-order valence-electron chi connectivity index (χ2n) is 0.447. The number of carbonyl (C=O) groups is 1. The van der Waals surface area contributed by atoms with Gasteiger partial charge in [-0.25, -0.2) is 5.33 Å². The van der Waals surface area contributed by atoms with Crippen LogP contribution in [0, 0.1) is 5.33 Å². The van der Waals surface area contributed by atoms with E-state index in [1.807, 2.05) is 13.8 Å². The Morgan fingerprint density at radius 2 is 1.75 bits per heavy atom. The van der Waals surface area contributed by atoms with E-state index < -0.39 is 5.97 Å². The molecule has 1 N–H and O–H groups in total. The molecule has 2 nitrogen and oxygen atoms in total. The summed E-state index contributed by atoms with van der Waals surface area (Å²) in [6.45, 7) is 4.00. The molecule has 0 heterocycles. The molecule has 0 aromatic heterocycles. The van der Waals surface area contributed by atoms with Gasteiger partial charge in [-0.15, -0.1) is 0 Å². The molecule has 0 aromatic rings. The van der Waals surface area contributed by atoms with Crippen LogP contribution in [0.25, 0.3) is 0 Å². The number of rotatable bonds is 1. The zero-order valence-corrected chi connectivity index (χ0v) is 9.57. The van der Waals surface area contributed by atoms with Crippen LogP contribution in [-0.4, -0.2) is 11.1 Å². The molecular weight excluding hydrogens is 225 g/mol. The Balaban J connectivity index is -0.0000000750. The van der Waals surface area contributed by atoms with Gasteiger partial charge in [0.25, 0.3) is 0 Å². The molecule has 0 saturated heterocycles. The minimum Gasteiger partial charge on any atom is -0.503 e. The van der Waals surface area contributed by atoms with Crippen LogP contribution in [0.3, 0.4) is 0 Å². The van der Waals surface area contributed by atoms with Crippen molar-refractivity contribution in [3.05, 3.63) is 5.33 Å². The van der Waals surface area contributed by atoms with Gasteiger partial charge in [-0.2, -0.15) is 0 Å². The first-order chi connectivity index (χ1) is 3.27. The Kier molecular flexibility index (Phi) is 30.9. The van der Waals surface area contributed by atoms with Crippen LogP contribution in [0.1, 0.15) is 13.8 Å². The Bertz CT molecular complexity index is 49.3. The monoisotopic (exact) mass is 231 g/mol. The quantitative estimate of drug-likeness (QED) is 0.552. The van der Waals surface area contributed by atoms with Crippen molar-refractivity contribution in [2.24, 2.45) is 0 Å². The first kappa shape index (κ1) is 15.8. The minimum atomic E-state index is -0.954. The van der Waals surface area contributed by atoms with E-state index >= 15 is 0 Å². The average molecular weight is 233 g/mol. The van der Waals surface area contributed by atoms with Crippen LogP contribution in [-0.2, 0) is 24.3 Å². The van der Waals surface area contributed by atoms with E-state index in [-0.39, 0.29) is 19.5 Å². The molecule has 0 atom stereocenters. The zero-order chi connectivity index (χ0) is 6.28. The Hall–Kier alpha value is 0.443. The maximum Gasteiger partial charge on any atom is 0.174 e. The summed E-state index contributed by atoms with van der Waals surface area (Å²) < 4.78 is 0. The van der Waals surface area contributed by atoms with E-state index in [1.54, 1.807) is 0 Å². The van der Waals surface area contributed by atoms with Crippen molar-refractivity contribution in [3.8, 4) is 0 Å². The van der Waals surface area contributed by atoms with E-state index in [1.165, 1.54) is 0 Å². The summed E-state index contributed by atoms with van der Waals surface area (Å²) >= 11 is 2.59. The number of carboxylic acid groups (broad SMARTS) is 1. The van der Waals surface area contributed by atoms with Crippen molar-refractivity contribution in [1.29, 1.82) is 0 Å². The molecule has 0 rings (SSSR count). The molecule has 0 aliphatic carbocycles. The molecule has 46 valence electrons. The summed E-state index contributed by atoms with van der Waals surface area (Å²) in [6, 6.07) is 0. The predicted octanol–water partition coefficient (Wildman–Crippen LogP) is 1.65. The van der Waals surface area contributed by atoms with Gasteiger partial charge < -0.3 is 5.11 Å². The van der Waals surface area contributed by atoms with Crippen LogP contribution >= 0.6 is 15.9 Å². The summed E-state index contributed by atoms with van der Waals surface area (Å²) in [4.78, 5) is 9.27. The zero-order valence-electron chi connectivity index (χ0n) is 5.02. The third kappa shape index (κ3) is 32.0. The Morgan fingerprint density at radius 1 is 1.62 bits per heavy atom.